The van der Waals surface area contributed by atoms with Crippen molar-refractivity contribution in [2.75, 3.05) is 12.4 Å². The van der Waals surface area contributed by atoms with E-state index < -0.39 is 0 Å². The van der Waals surface area contributed by atoms with E-state index in [2.05, 4.69) is 5.32 Å². The van der Waals surface area contributed by atoms with E-state index in [4.69, 9.17) is 22.1 Å². The van der Waals surface area contributed by atoms with Crippen LogP contribution in [0.4, 0.5) is 5.69 Å². The molecule has 0 aliphatic heterocycles. The average Bonchev–Trinajstić information content (AvgIpc) is 2.28. The highest BCUT2D eigenvalue weighted by Crippen LogP contribution is 2.27. The van der Waals surface area contributed by atoms with E-state index in [0.29, 0.717) is 22.9 Å². The standard InChI is InChI=1S/C13H19ClN2O2/c1-9(15)4-3-5-13(17)16-10-6-7-12(18-2)11(14)8-10/h6-9H,3-5,15H2,1-2H3,(H,16,17). The van der Waals surface area contributed by atoms with Crippen molar-refractivity contribution in [1.82, 2.24) is 0 Å². The summed E-state index contributed by atoms with van der Waals surface area (Å²) < 4.78 is 5.04. The lowest BCUT2D eigenvalue weighted by Crippen LogP contribution is -2.16. The van der Waals surface area contributed by atoms with Gasteiger partial charge >= 0.3 is 0 Å². The zero-order valence-corrected chi connectivity index (χ0v) is 11.5. The van der Waals surface area contributed by atoms with Crippen LogP contribution in [0.5, 0.6) is 5.75 Å². The number of nitrogens with one attached hydrogen (secondary N) is 1. The molecule has 1 amide bonds. The van der Waals surface area contributed by atoms with Crippen LogP contribution in [0, 0.1) is 0 Å². The summed E-state index contributed by atoms with van der Waals surface area (Å²) in [6, 6.07) is 5.28. The van der Waals surface area contributed by atoms with E-state index in [0.717, 1.165) is 12.8 Å². The largest absolute Gasteiger partial charge is 0.495 e. The van der Waals surface area contributed by atoms with E-state index in [9.17, 15) is 4.79 Å². The third-order valence-electron chi connectivity index (χ3n) is 2.50. The maximum Gasteiger partial charge on any atom is 0.224 e. The number of methoxy groups -OCH3 is 1. The predicted molar refractivity (Wildman–Crippen MR) is 74.1 cm³/mol. The van der Waals surface area contributed by atoms with Crippen molar-refractivity contribution in [3.8, 4) is 5.75 Å². The van der Waals surface area contributed by atoms with E-state index in [1.165, 1.54) is 0 Å². The molecular formula is C13H19ClN2O2. The Morgan fingerprint density at radius 2 is 2.28 bits per heavy atom. The zero-order chi connectivity index (χ0) is 13.5. The normalized spacial score (nSPS) is 12.0. The molecule has 0 spiro atoms. The van der Waals surface area contributed by atoms with E-state index >= 15 is 0 Å². The molecule has 0 aliphatic carbocycles. The van der Waals surface area contributed by atoms with E-state index in [-0.39, 0.29) is 11.9 Å². The van der Waals surface area contributed by atoms with Gasteiger partial charge < -0.3 is 15.8 Å². The van der Waals surface area contributed by atoms with Crippen LogP contribution in [0.3, 0.4) is 0 Å². The van der Waals surface area contributed by atoms with E-state index in [1.807, 2.05) is 6.92 Å². The SMILES string of the molecule is COc1ccc(NC(=O)CCCC(C)N)cc1Cl. The first kappa shape index (κ1) is 14.8. The monoisotopic (exact) mass is 270 g/mol. The lowest BCUT2D eigenvalue weighted by atomic mass is 10.1. The molecule has 0 radical (unpaired) electrons. The highest BCUT2D eigenvalue weighted by Gasteiger charge is 2.06. The summed E-state index contributed by atoms with van der Waals surface area (Å²) in [6.07, 6.45) is 2.09. The fraction of sp³-hybridized carbons (Fsp3) is 0.462. The Balaban J connectivity index is 2.47. The molecule has 1 unspecified atom stereocenters. The quantitative estimate of drug-likeness (QED) is 0.835. The van der Waals surface area contributed by atoms with Gasteiger partial charge in [0.2, 0.25) is 5.91 Å². The summed E-state index contributed by atoms with van der Waals surface area (Å²) in [5, 5.41) is 3.27. The Morgan fingerprint density at radius 3 is 2.83 bits per heavy atom. The molecular weight excluding hydrogens is 252 g/mol. The molecule has 0 heterocycles. The first-order chi connectivity index (χ1) is 8.52. The molecule has 0 fully saturated rings. The first-order valence-electron chi connectivity index (χ1n) is 5.92. The van der Waals surface area contributed by atoms with Crippen molar-refractivity contribution in [1.29, 1.82) is 0 Å². The lowest BCUT2D eigenvalue weighted by Gasteiger charge is -2.08. The van der Waals surface area contributed by atoms with Gasteiger partial charge in [-0.05, 0) is 38.0 Å². The van der Waals surface area contributed by atoms with Gasteiger partial charge in [0.25, 0.3) is 0 Å². The number of hydrogen-bond acceptors (Lipinski definition) is 3. The molecule has 3 N–H and O–H groups in total. The van der Waals surface area contributed by atoms with Crippen molar-refractivity contribution in [2.45, 2.75) is 32.2 Å². The number of anilines is 1. The number of benzene rings is 1. The highest BCUT2D eigenvalue weighted by atomic mass is 35.5. The highest BCUT2D eigenvalue weighted by molar-refractivity contribution is 6.32. The van der Waals surface area contributed by atoms with Crippen molar-refractivity contribution in [3.63, 3.8) is 0 Å². The molecule has 1 rings (SSSR count). The third kappa shape index (κ3) is 4.94. The number of carbonyl (C=O) groups is 1. The minimum atomic E-state index is -0.0307. The first-order valence-corrected chi connectivity index (χ1v) is 6.29. The molecule has 4 nitrogen and oxygen atoms in total. The van der Waals surface area contributed by atoms with Crippen LogP contribution < -0.4 is 15.8 Å². The van der Waals surface area contributed by atoms with Gasteiger partial charge in [-0.25, -0.2) is 0 Å². The molecule has 1 aromatic rings. The molecule has 0 aromatic heterocycles. The summed E-state index contributed by atoms with van der Waals surface area (Å²) in [5.74, 6) is 0.559. The van der Waals surface area contributed by atoms with E-state index in [1.54, 1.807) is 25.3 Å². The van der Waals surface area contributed by atoms with Crippen molar-refractivity contribution >= 4 is 23.2 Å². The Kier molecular flexibility index (Phi) is 5.95. The summed E-state index contributed by atoms with van der Waals surface area (Å²) in [4.78, 5) is 11.6. The van der Waals surface area contributed by atoms with Gasteiger partial charge in [0.15, 0.2) is 0 Å². The number of hydrogen-bond donors (Lipinski definition) is 2. The van der Waals surface area contributed by atoms with Gasteiger partial charge in [0.05, 0.1) is 12.1 Å². The van der Waals surface area contributed by atoms with Crippen LogP contribution in [0.15, 0.2) is 18.2 Å². The number of rotatable bonds is 6. The molecule has 0 bridgehead atoms. The predicted octanol–water partition coefficient (Wildman–Crippen LogP) is 2.80. The topological polar surface area (TPSA) is 64.3 Å². The van der Waals surface area contributed by atoms with Gasteiger partial charge in [-0.3, -0.25) is 4.79 Å². The fourth-order valence-electron chi connectivity index (χ4n) is 1.55. The smallest absolute Gasteiger partial charge is 0.224 e. The second-order valence-electron chi connectivity index (χ2n) is 4.27. The van der Waals surface area contributed by atoms with Crippen LogP contribution in [0.25, 0.3) is 0 Å². The summed E-state index contributed by atoms with van der Waals surface area (Å²) in [7, 11) is 1.55. The summed E-state index contributed by atoms with van der Waals surface area (Å²) >= 11 is 5.97. The Labute approximate surface area is 112 Å². The molecule has 5 heteroatoms. The number of ether oxygens (including phenoxy) is 1. The Bertz CT molecular complexity index is 408. The van der Waals surface area contributed by atoms with Crippen LogP contribution in [-0.2, 0) is 4.79 Å². The molecule has 1 aromatic carbocycles. The van der Waals surface area contributed by atoms with Crippen LogP contribution in [0.1, 0.15) is 26.2 Å². The molecule has 0 aliphatic rings. The number of carbonyl (C=O) groups excluding carboxylic acids is 1. The number of halogens is 1. The average molecular weight is 271 g/mol. The molecule has 0 saturated carbocycles. The second kappa shape index (κ2) is 7.24. The maximum absolute atomic E-state index is 11.6. The number of amides is 1. The molecule has 1 atom stereocenters. The molecule has 100 valence electrons. The van der Waals surface area contributed by atoms with Gasteiger partial charge in [0, 0.05) is 18.2 Å². The van der Waals surface area contributed by atoms with Crippen molar-refractivity contribution < 1.29 is 9.53 Å². The van der Waals surface area contributed by atoms with Gasteiger partial charge in [-0.15, -0.1) is 0 Å². The summed E-state index contributed by atoms with van der Waals surface area (Å²) in [6.45, 7) is 1.93. The van der Waals surface area contributed by atoms with Crippen LogP contribution in [-0.4, -0.2) is 19.1 Å². The third-order valence-corrected chi connectivity index (χ3v) is 2.79. The number of nitrogens with two attached hydrogens (primary N) is 1. The minimum absolute atomic E-state index is 0.0307. The lowest BCUT2D eigenvalue weighted by molar-refractivity contribution is -0.116. The van der Waals surface area contributed by atoms with Crippen LogP contribution in [0.2, 0.25) is 5.02 Å². The Hall–Kier alpha value is -1.26. The molecule has 18 heavy (non-hydrogen) atoms. The van der Waals surface area contributed by atoms with Gasteiger partial charge in [-0.2, -0.15) is 0 Å². The van der Waals surface area contributed by atoms with Gasteiger partial charge in [-0.1, -0.05) is 11.6 Å². The summed E-state index contributed by atoms with van der Waals surface area (Å²) in [5.41, 5.74) is 6.29. The Morgan fingerprint density at radius 1 is 1.56 bits per heavy atom. The maximum atomic E-state index is 11.6. The zero-order valence-electron chi connectivity index (χ0n) is 10.7. The van der Waals surface area contributed by atoms with Crippen LogP contribution >= 0.6 is 11.6 Å². The van der Waals surface area contributed by atoms with Gasteiger partial charge in [0.1, 0.15) is 5.75 Å². The second-order valence-corrected chi connectivity index (χ2v) is 4.67. The fourth-order valence-corrected chi connectivity index (χ4v) is 1.81. The molecule has 0 saturated heterocycles. The van der Waals surface area contributed by atoms with Crippen molar-refractivity contribution in [2.24, 2.45) is 5.73 Å². The van der Waals surface area contributed by atoms with Crippen molar-refractivity contribution in [3.05, 3.63) is 23.2 Å². The minimum Gasteiger partial charge on any atom is -0.495 e.